The van der Waals surface area contributed by atoms with Gasteiger partial charge in [0, 0.05) is 42.8 Å². The van der Waals surface area contributed by atoms with Crippen LogP contribution in [-0.2, 0) is 0 Å². The topological polar surface area (TPSA) is 87.0 Å². The van der Waals surface area contributed by atoms with Crippen molar-refractivity contribution in [2.75, 3.05) is 11.4 Å². The molecular formula is C20H21ClN8. The van der Waals surface area contributed by atoms with Gasteiger partial charge in [0.1, 0.15) is 17.2 Å². The summed E-state index contributed by atoms with van der Waals surface area (Å²) in [5.41, 5.74) is 2.76. The van der Waals surface area contributed by atoms with Gasteiger partial charge in [0.15, 0.2) is 5.82 Å². The van der Waals surface area contributed by atoms with Gasteiger partial charge >= 0.3 is 0 Å². The number of aromatic nitrogens is 6. The average molecular weight is 409 g/mol. The van der Waals surface area contributed by atoms with Crippen molar-refractivity contribution in [3.05, 3.63) is 59.8 Å². The van der Waals surface area contributed by atoms with Crippen LogP contribution in [0.15, 0.2) is 49.2 Å². The van der Waals surface area contributed by atoms with E-state index in [0.29, 0.717) is 16.9 Å². The molecule has 0 amide bonds. The highest BCUT2D eigenvalue weighted by Crippen LogP contribution is 2.29. The number of anilines is 1. The smallest absolute Gasteiger partial charge is 0.180 e. The van der Waals surface area contributed by atoms with E-state index >= 15 is 0 Å². The zero-order valence-corrected chi connectivity index (χ0v) is 16.9. The van der Waals surface area contributed by atoms with E-state index in [0.717, 1.165) is 29.3 Å². The van der Waals surface area contributed by atoms with Gasteiger partial charge < -0.3 is 10.2 Å². The normalized spacial score (nSPS) is 22.3. The second kappa shape index (κ2) is 7.13. The molecule has 0 aliphatic carbocycles. The lowest BCUT2D eigenvalue weighted by molar-refractivity contribution is 0.333. The van der Waals surface area contributed by atoms with Crippen LogP contribution in [0.1, 0.15) is 25.5 Å². The number of hydrogen-bond donors (Lipinski definition) is 2. The number of piperazine rings is 1. The molecule has 0 bridgehead atoms. The highest BCUT2D eigenvalue weighted by Gasteiger charge is 2.33. The molecule has 0 aromatic carbocycles. The number of nitrogens with zero attached hydrogens (tertiary/aromatic N) is 6. The molecule has 0 radical (unpaired) electrons. The van der Waals surface area contributed by atoms with Crippen LogP contribution in [0.4, 0.5) is 5.82 Å². The molecule has 1 saturated heterocycles. The number of fused-ring (bicyclic) bond motifs is 1. The fourth-order valence-electron chi connectivity index (χ4n) is 4.00. The van der Waals surface area contributed by atoms with E-state index in [-0.39, 0.29) is 12.1 Å². The molecule has 0 spiro atoms. The lowest BCUT2D eigenvalue weighted by atomic mass is 9.97. The van der Waals surface area contributed by atoms with Gasteiger partial charge in [-0.05, 0) is 32.0 Å². The first kappa shape index (κ1) is 18.1. The van der Waals surface area contributed by atoms with Crippen molar-refractivity contribution < 1.29 is 0 Å². The van der Waals surface area contributed by atoms with Gasteiger partial charge in [0.05, 0.1) is 23.5 Å². The molecule has 8 nitrogen and oxygen atoms in total. The number of hydrogen-bond acceptors (Lipinski definition) is 6. The Morgan fingerprint density at radius 2 is 2.03 bits per heavy atom. The van der Waals surface area contributed by atoms with Gasteiger partial charge in [0.25, 0.3) is 0 Å². The van der Waals surface area contributed by atoms with E-state index in [1.807, 2.05) is 41.2 Å². The molecule has 4 aromatic heterocycles. The standard InChI is InChI=1S/C20H21ClN8/c1-12-10-28(13(2)19(26-12)14-7-24-25-8-14)18-5-6-22-20(27-18)16-9-23-17-4-3-15(21)11-29(16)17/h3-9,11-13,19,26H,10H2,1-2H3,(H,24,25). The van der Waals surface area contributed by atoms with Gasteiger partial charge in [0.2, 0.25) is 0 Å². The minimum atomic E-state index is 0.158. The van der Waals surface area contributed by atoms with Gasteiger partial charge in [-0.3, -0.25) is 9.50 Å². The summed E-state index contributed by atoms with van der Waals surface area (Å²) in [6.07, 6.45) is 9.23. The summed E-state index contributed by atoms with van der Waals surface area (Å²) in [6.45, 7) is 5.23. The third-order valence-corrected chi connectivity index (χ3v) is 5.64. The van der Waals surface area contributed by atoms with Crippen LogP contribution in [0.5, 0.6) is 0 Å². The van der Waals surface area contributed by atoms with Crippen molar-refractivity contribution in [3.63, 3.8) is 0 Å². The van der Waals surface area contributed by atoms with Crippen molar-refractivity contribution >= 4 is 23.1 Å². The Hall–Kier alpha value is -2.97. The molecule has 3 unspecified atom stereocenters. The lowest BCUT2D eigenvalue weighted by Crippen LogP contribution is -2.56. The second-order valence-corrected chi connectivity index (χ2v) is 7.86. The molecule has 5 heterocycles. The van der Waals surface area contributed by atoms with Crippen LogP contribution >= 0.6 is 11.6 Å². The SMILES string of the molecule is CC1CN(c2ccnc(-c3cnc4ccc(Cl)cn34)n2)C(C)C(c2cn[nH]c2)N1. The van der Waals surface area contributed by atoms with Crippen molar-refractivity contribution in [2.45, 2.75) is 32.0 Å². The summed E-state index contributed by atoms with van der Waals surface area (Å²) in [5.74, 6) is 1.51. The average Bonchev–Trinajstić information content (AvgIpc) is 3.39. The van der Waals surface area contributed by atoms with Crippen LogP contribution in [0.2, 0.25) is 5.02 Å². The van der Waals surface area contributed by atoms with E-state index in [1.165, 1.54) is 0 Å². The molecule has 29 heavy (non-hydrogen) atoms. The minimum absolute atomic E-state index is 0.158. The zero-order chi connectivity index (χ0) is 20.0. The van der Waals surface area contributed by atoms with Crippen LogP contribution in [0, 0.1) is 0 Å². The van der Waals surface area contributed by atoms with Gasteiger partial charge in [-0.25, -0.2) is 15.0 Å². The van der Waals surface area contributed by atoms with Crippen LogP contribution < -0.4 is 10.2 Å². The predicted molar refractivity (Wildman–Crippen MR) is 112 cm³/mol. The Labute approximate surface area is 173 Å². The maximum absolute atomic E-state index is 6.18. The molecular weight excluding hydrogens is 388 g/mol. The van der Waals surface area contributed by atoms with E-state index in [4.69, 9.17) is 16.6 Å². The maximum atomic E-state index is 6.18. The summed E-state index contributed by atoms with van der Waals surface area (Å²) in [4.78, 5) is 16.1. The minimum Gasteiger partial charge on any atom is -0.350 e. The summed E-state index contributed by atoms with van der Waals surface area (Å²) >= 11 is 6.18. The molecule has 4 aromatic rings. The first-order valence-corrected chi connectivity index (χ1v) is 9.95. The van der Waals surface area contributed by atoms with E-state index in [9.17, 15) is 0 Å². The fraction of sp³-hybridized carbons (Fsp3) is 0.300. The predicted octanol–water partition coefficient (Wildman–Crippen LogP) is 3.10. The Morgan fingerprint density at radius 1 is 1.14 bits per heavy atom. The molecule has 1 aliphatic heterocycles. The first-order valence-electron chi connectivity index (χ1n) is 9.57. The van der Waals surface area contributed by atoms with Crippen LogP contribution in [0.25, 0.3) is 17.2 Å². The Morgan fingerprint density at radius 3 is 2.86 bits per heavy atom. The number of H-pyrrole nitrogens is 1. The summed E-state index contributed by atoms with van der Waals surface area (Å²) in [7, 11) is 0. The lowest BCUT2D eigenvalue weighted by Gasteiger charge is -2.43. The quantitative estimate of drug-likeness (QED) is 0.541. The maximum Gasteiger partial charge on any atom is 0.180 e. The number of aromatic amines is 1. The van der Waals surface area contributed by atoms with Crippen molar-refractivity contribution in [2.24, 2.45) is 0 Å². The first-order chi connectivity index (χ1) is 14.1. The molecule has 148 valence electrons. The third kappa shape index (κ3) is 3.24. The van der Waals surface area contributed by atoms with E-state index in [2.05, 4.69) is 44.2 Å². The molecule has 2 N–H and O–H groups in total. The number of nitrogens with one attached hydrogen (secondary N) is 2. The van der Waals surface area contributed by atoms with Gasteiger partial charge in [-0.2, -0.15) is 5.10 Å². The number of imidazole rings is 1. The van der Waals surface area contributed by atoms with Gasteiger partial charge in [-0.1, -0.05) is 11.6 Å². The Kier molecular flexibility index (Phi) is 4.44. The van der Waals surface area contributed by atoms with Crippen LogP contribution in [-0.4, -0.2) is 48.2 Å². The molecule has 1 fully saturated rings. The van der Waals surface area contributed by atoms with Crippen molar-refractivity contribution in [3.8, 4) is 11.5 Å². The zero-order valence-electron chi connectivity index (χ0n) is 16.1. The molecule has 9 heteroatoms. The molecule has 0 saturated carbocycles. The fourth-order valence-corrected chi connectivity index (χ4v) is 4.16. The highest BCUT2D eigenvalue weighted by molar-refractivity contribution is 6.30. The van der Waals surface area contributed by atoms with E-state index < -0.39 is 0 Å². The highest BCUT2D eigenvalue weighted by atomic mass is 35.5. The summed E-state index contributed by atoms with van der Waals surface area (Å²) < 4.78 is 1.92. The summed E-state index contributed by atoms with van der Waals surface area (Å²) in [5, 5.41) is 11.3. The third-order valence-electron chi connectivity index (χ3n) is 5.42. The summed E-state index contributed by atoms with van der Waals surface area (Å²) in [6, 6.07) is 6.32. The Balaban J connectivity index is 1.52. The van der Waals surface area contributed by atoms with Crippen molar-refractivity contribution in [1.82, 2.24) is 34.9 Å². The molecule has 5 rings (SSSR count). The largest absolute Gasteiger partial charge is 0.350 e. The number of rotatable bonds is 3. The monoisotopic (exact) mass is 408 g/mol. The molecule has 3 atom stereocenters. The molecule has 1 aliphatic rings. The number of pyridine rings is 1. The van der Waals surface area contributed by atoms with Crippen LogP contribution in [0.3, 0.4) is 0 Å². The Bertz CT molecular complexity index is 1140. The van der Waals surface area contributed by atoms with Crippen molar-refractivity contribution in [1.29, 1.82) is 0 Å². The number of halogens is 1. The second-order valence-electron chi connectivity index (χ2n) is 7.43. The van der Waals surface area contributed by atoms with Gasteiger partial charge in [-0.15, -0.1) is 0 Å². The van der Waals surface area contributed by atoms with E-state index in [1.54, 1.807) is 12.4 Å².